The van der Waals surface area contributed by atoms with E-state index in [-0.39, 0.29) is 5.63 Å². The van der Waals surface area contributed by atoms with Crippen LogP contribution in [-0.2, 0) is 0 Å². The molecule has 1 aliphatic rings. The van der Waals surface area contributed by atoms with Gasteiger partial charge < -0.3 is 9.84 Å². The molecule has 13 heavy (non-hydrogen) atoms. The van der Waals surface area contributed by atoms with Crippen LogP contribution in [0.25, 0.3) is 0 Å². The van der Waals surface area contributed by atoms with Gasteiger partial charge in [0.25, 0.3) is 0 Å². The number of H-pyrrole nitrogens is 1. The van der Waals surface area contributed by atoms with Crippen molar-refractivity contribution < 1.29 is 4.52 Å². The number of hydrogen-bond donors (Lipinski definition) is 2. The number of piperidine rings is 1. The van der Waals surface area contributed by atoms with Gasteiger partial charge in [0.2, 0.25) is 0 Å². The third-order valence-electron chi connectivity index (χ3n) is 2.63. The normalized spacial score (nSPS) is 23.3. The summed E-state index contributed by atoms with van der Waals surface area (Å²) in [5.41, 5.74) is 1.50. The minimum Gasteiger partial charge on any atom is -0.339 e. The molecular formula is C9H14N2O2. The molecule has 1 atom stereocenters. The molecule has 1 fully saturated rings. The molecule has 1 saturated heterocycles. The summed E-state index contributed by atoms with van der Waals surface area (Å²) in [6.45, 7) is 3.84. The quantitative estimate of drug-likeness (QED) is 0.673. The van der Waals surface area contributed by atoms with Crippen LogP contribution in [0.1, 0.15) is 30.0 Å². The van der Waals surface area contributed by atoms with Crippen molar-refractivity contribution in [3.05, 3.63) is 21.7 Å². The number of aromatic nitrogens is 1. The lowest BCUT2D eigenvalue weighted by Crippen LogP contribution is -2.30. The second kappa shape index (κ2) is 3.38. The summed E-state index contributed by atoms with van der Waals surface area (Å²) in [6.07, 6.45) is 2.21. The molecule has 4 heteroatoms. The SMILES string of the molecule is Cc1[nH]oc(=O)c1C1CCCNC1. The molecule has 1 aromatic rings. The Balaban J connectivity index is 2.27. The number of nitrogens with one attached hydrogen (secondary N) is 2. The summed E-state index contributed by atoms with van der Waals surface area (Å²) in [5.74, 6) is 0.330. The summed E-state index contributed by atoms with van der Waals surface area (Å²) in [4.78, 5) is 11.3. The van der Waals surface area contributed by atoms with E-state index in [1.54, 1.807) is 0 Å². The molecule has 4 nitrogen and oxygen atoms in total. The Morgan fingerprint density at radius 3 is 2.92 bits per heavy atom. The van der Waals surface area contributed by atoms with Crippen LogP contribution in [0.5, 0.6) is 0 Å². The number of rotatable bonds is 1. The molecule has 0 bridgehead atoms. The van der Waals surface area contributed by atoms with Crippen LogP contribution in [-0.4, -0.2) is 18.2 Å². The molecule has 0 amide bonds. The van der Waals surface area contributed by atoms with Crippen molar-refractivity contribution in [3.63, 3.8) is 0 Å². The molecule has 0 radical (unpaired) electrons. The van der Waals surface area contributed by atoms with E-state index in [0.29, 0.717) is 5.92 Å². The van der Waals surface area contributed by atoms with Crippen LogP contribution in [0.2, 0.25) is 0 Å². The van der Waals surface area contributed by atoms with Gasteiger partial charge in [0.05, 0.1) is 11.3 Å². The predicted octanol–water partition coefficient (Wildman–Crippen LogP) is 0.743. The standard InChI is InChI=1S/C9H14N2O2/c1-6-8(9(12)13-11-6)7-3-2-4-10-5-7/h7,10-11H,2-5H2,1H3. The minimum atomic E-state index is -0.203. The molecule has 0 aliphatic carbocycles. The van der Waals surface area contributed by atoms with Crippen LogP contribution < -0.4 is 10.9 Å². The topological polar surface area (TPSA) is 58.0 Å². The third-order valence-corrected chi connectivity index (χ3v) is 2.63. The van der Waals surface area contributed by atoms with Gasteiger partial charge in [0.15, 0.2) is 0 Å². The van der Waals surface area contributed by atoms with Gasteiger partial charge in [-0.05, 0) is 26.3 Å². The van der Waals surface area contributed by atoms with Crippen molar-refractivity contribution in [3.8, 4) is 0 Å². The van der Waals surface area contributed by atoms with E-state index in [1.807, 2.05) is 6.92 Å². The van der Waals surface area contributed by atoms with Gasteiger partial charge in [-0.25, -0.2) is 9.95 Å². The highest BCUT2D eigenvalue weighted by molar-refractivity contribution is 5.19. The van der Waals surface area contributed by atoms with E-state index in [0.717, 1.165) is 37.2 Å². The fourth-order valence-corrected chi connectivity index (χ4v) is 1.96. The minimum absolute atomic E-state index is 0.203. The first-order valence-electron chi connectivity index (χ1n) is 4.67. The van der Waals surface area contributed by atoms with E-state index in [4.69, 9.17) is 4.52 Å². The molecule has 1 unspecified atom stereocenters. The molecule has 0 aromatic carbocycles. The second-order valence-corrected chi connectivity index (χ2v) is 3.57. The largest absolute Gasteiger partial charge is 0.360 e. The first-order chi connectivity index (χ1) is 6.29. The van der Waals surface area contributed by atoms with Crippen LogP contribution in [0.4, 0.5) is 0 Å². The van der Waals surface area contributed by atoms with Crippen molar-refractivity contribution in [1.82, 2.24) is 10.5 Å². The maximum atomic E-state index is 11.3. The summed E-state index contributed by atoms with van der Waals surface area (Å²) >= 11 is 0. The summed E-state index contributed by atoms with van der Waals surface area (Å²) in [5, 5.41) is 5.90. The highest BCUT2D eigenvalue weighted by Crippen LogP contribution is 2.22. The van der Waals surface area contributed by atoms with Crippen molar-refractivity contribution in [1.29, 1.82) is 0 Å². The van der Waals surface area contributed by atoms with E-state index >= 15 is 0 Å². The van der Waals surface area contributed by atoms with Gasteiger partial charge in [-0.2, -0.15) is 0 Å². The van der Waals surface area contributed by atoms with E-state index in [2.05, 4.69) is 10.5 Å². The maximum absolute atomic E-state index is 11.3. The van der Waals surface area contributed by atoms with Crippen LogP contribution in [0, 0.1) is 6.92 Å². The summed E-state index contributed by atoms with van der Waals surface area (Å²) in [7, 11) is 0. The zero-order valence-electron chi connectivity index (χ0n) is 7.72. The first-order valence-corrected chi connectivity index (χ1v) is 4.67. The second-order valence-electron chi connectivity index (χ2n) is 3.57. The lowest BCUT2D eigenvalue weighted by molar-refractivity contribution is 0.382. The van der Waals surface area contributed by atoms with Crippen molar-refractivity contribution in [2.45, 2.75) is 25.7 Å². The van der Waals surface area contributed by atoms with Gasteiger partial charge in [-0.1, -0.05) is 0 Å². The Morgan fingerprint density at radius 1 is 1.54 bits per heavy atom. The molecular weight excluding hydrogens is 168 g/mol. The number of aromatic amines is 1. The predicted molar refractivity (Wildman–Crippen MR) is 48.9 cm³/mol. The fourth-order valence-electron chi connectivity index (χ4n) is 1.96. The third kappa shape index (κ3) is 1.54. The Kier molecular flexibility index (Phi) is 2.22. The van der Waals surface area contributed by atoms with Gasteiger partial charge in [-0.3, -0.25) is 0 Å². The average molecular weight is 182 g/mol. The summed E-state index contributed by atoms with van der Waals surface area (Å²) in [6, 6.07) is 0. The molecule has 0 saturated carbocycles. The van der Waals surface area contributed by atoms with Crippen LogP contribution >= 0.6 is 0 Å². The van der Waals surface area contributed by atoms with Gasteiger partial charge in [0.1, 0.15) is 0 Å². The Morgan fingerprint density at radius 2 is 2.38 bits per heavy atom. The van der Waals surface area contributed by atoms with Crippen molar-refractivity contribution in [2.24, 2.45) is 0 Å². The monoisotopic (exact) mass is 182 g/mol. The van der Waals surface area contributed by atoms with Crippen molar-refractivity contribution in [2.75, 3.05) is 13.1 Å². The lowest BCUT2D eigenvalue weighted by Gasteiger charge is -2.21. The lowest BCUT2D eigenvalue weighted by atomic mass is 9.92. The highest BCUT2D eigenvalue weighted by Gasteiger charge is 2.22. The molecule has 72 valence electrons. The molecule has 1 aromatic heterocycles. The Labute approximate surface area is 76.3 Å². The average Bonchev–Trinajstić information content (AvgIpc) is 2.48. The molecule has 1 aliphatic heterocycles. The maximum Gasteiger partial charge on any atom is 0.360 e. The van der Waals surface area contributed by atoms with Gasteiger partial charge in [0, 0.05) is 12.5 Å². The number of aryl methyl sites for hydroxylation is 1. The Hall–Kier alpha value is -1.03. The van der Waals surface area contributed by atoms with Gasteiger partial charge >= 0.3 is 5.63 Å². The number of hydrogen-bond acceptors (Lipinski definition) is 3. The van der Waals surface area contributed by atoms with E-state index < -0.39 is 0 Å². The Bertz CT molecular complexity index is 334. The molecule has 2 N–H and O–H groups in total. The molecule has 2 rings (SSSR count). The van der Waals surface area contributed by atoms with Crippen molar-refractivity contribution >= 4 is 0 Å². The molecule has 0 spiro atoms. The van der Waals surface area contributed by atoms with Crippen LogP contribution in [0.3, 0.4) is 0 Å². The van der Waals surface area contributed by atoms with Crippen LogP contribution in [0.15, 0.2) is 9.32 Å². The smallest absolute Gasteiger partial charge is 0.339 e. The van der Waals surface area contributed by atoms with Gasteiger partial charge in [-0.15, -0.1) is 0 Å². The fraction of sp³-hybridized carbons (Fsp3) is 0.667. The zero-order chi connectivity index (χ0) is 9.26. The van der Waals surface area contributed by atoms with E-state index in [9.17, 15) is 4.79 Å². The van der Waals surface area contributed by atoms with E-state index in [1.165, 1.54) is 0 Å². The zero-order valence-corrected chi connectivity index (χ0v) is 7.72. The summed E-state index contributed by atoms with van der Waals surface area (Å²) < 4.78 is 4.74. The first kappa shape index (κ1) is 8.56. The molecule has 2 heterocycles. The highest BCUT2D eigenvalue weighted by atomic mass is 16.5.